The third-order valence-corrected chi connectivity index (χ3v) is 2.02. The number of nitrogens with zero attached hydrogens (tertiary/aromatic N) is 1. The first-order valence-electron chi connectivity index (χ1n) is 4.84. The third kappa shape index (κ3) is 2.75. The van der Waals surface area contributed by atoms with Gasteiger partial charge in [0.05, 0.1) is 5.84 Å². The van der Waals surface area contributed by atoms with Gasteiger partial charge in [-0.05, 0) is 25.0 Å². The lowest BCUT2D eigenvalue weighted by Gasteiger charge is -2.03. The topological polar surface area (TPSA) is 38.4 Å². The van der Waals surface area contributed by atoms with Crippen molar-refractivity contribution in [2.24, 2.45) is 10.7 Å². The first-order valence-corrected chi connectivity index (χ1v) is 4.84. The van der Waals surface area contributed by atoms with E-state index >= 15 is 0 Å². The molecule has 2 N–H and O–H groups in total. The van der Waals surface area contributed by atoms with E-state index in [2.05, 4.69) is 4.99 Å². The summed E-state index contributed by atoms with van der Waals surface area (Å²) in [5.41, 5.74) is 5.59. The molecule has 0 heterocycles. The van der Waals surface area contributed by atoms with Crippen molar-refractivity contribution in [3.05, 3.63) is 29.3 Å². The molecule has 0 saturated heterocycles. The summed E-state index contributed by atoms with van der Waals surface area (Å²) in [6.07, 6.45) is 1.33. The number of hydrogen-bond donors (Lipinski definition) is 1. The molecule has 1 rings (SSSR count). The highest BCUT2D eigenvalue weighted by atomic mass is 19.1. The molecule has 0 aromatic heterocycles. The van der Waals surface area contributed by atoms with Crippen LogP contribution in [0, 0.1) is 18.6 Å². The van der Waals surface area contributed by atoms with Crippen molar-refractivity contribution in [3.8, 4) is 0 Å². The van der Waals surface area contributed by atoms with Crippen molar-refractivity contribution in [2.75, 3.05) is 0 Å². The molecular weight excluding hydrogens is 198 g/mol. The van der Waals surface area contributed by atoms with E-state index in [9.17, 15) is 8.78 Å². The van der Waals surface area contributed by atoms with Crippen LogP contribution < -0.4 is 5.73 Å². The second kappa shape index (κ2) is 4.87. The average Bonchev–Trinajstić information content (AvgIpc) is 2.19. The first-order chi connectivity index (χ1) is 7.06. The Hall–Kier alpha value is -1.45. The molecule has 0 spiro atoms. The van der Waals surface area contributed by atoms with Crippen molar-refractivity contribution in [3.63, 3.8) is 0 Å². The zero-order valence-corrected chi connectivity index (χ0v) is 8.85. The molecule has 1 aromatic carbocycles. The number of halogens is 2. The van der Waals surface area contributed by atoms with Crippen molar-refractivity contribution in [1.82, 2.24) is 0 Å². The third-order valence-electron chi connectivity index (χ3n) is 2.02. The zero-order chi connectivity index (χ0) is 11.4. The summed E-state index contributed by atoms with van der Waals surface area (Å²) in [7, 11) is 0. The minimum absolute atomic E-state index is 0.251. The van der Waals surface area contributed by atoms with Crippen LogP contribution in [-0.4, -0.2) is 5.84 Å². The minimum atomic E-state index is -0.683. The molecule has 2 nitrogen and oxygen atoms in total. The number of nitrogens with two attached hydrogens (primary N) is 1. The van der Waals surface area contributed by atoms with Gasteiger partial charge in [0.15, 0.2) is 11.6 Å². The van der Waals surface area contributed by atoms with Gasteiger partial charge in [-0.15, -0.1) is 0 Å². The quantitative estimate of drug-likeness (QED) is 0.607. The predicted molar refractivity (Wildman–Crippen MR) is 57.3 cm³/mol. The van der Waals surface area contributed by atoms with Crippen molar-refractivity contribution >= 4 is 11.5 Å². The van der Waals surface area contributed by atoms with E-state index in [1.807, 2.05) is 6.92 Å². The summed E-state index contributed by atoms with van der Waals surface area (Å²) >= 11 is 0. The van der Waals surface area contributed by atoms with Gasteiger partial charge in [-0.2, -0.15) is 0 Å². The summed E-state index contributed by atoms with van der Waals surface area (Å²) in [5.74, 6) is -1.08. The van der Waals surface area contributed by atoms with Gasteiger partial charge in [-0.1, -0.05) is 13.0 Å². The van der Waals surface area contributed by atoms with Crippen LogP contribution in [-0.2, 0) is 0 Å². The summed E-state index contributed by atoms with van der Waals surface area (Å²) < 4.78 is 26.7. The molecular formula is C11H14F2N2. The highest BCUT2D eigenvalue weighted by Gasteiger charge is 2.10. The second-order valence-electron chi connectivity index (χ2n) is 3.38. The molecule has 0 atom stereocenters. The van der Waals surface area contributed by atoms with Crippen LogP contribution in [0.5, 0.6) is 0 Å². The standard InChI is InChI=1S/C11H14F2N2/c1-3-4-9(14)15-11-8(12)6-5-7(2)10(11)13/h5-6H,3-4H2,1-2H3,(H2,14,15). The second-order valence-corrected chi connectivity index (χ2v) is 3.38. The maximum atomic E-state index is 13.5. The SMILES string of the molecule is CCCC(N)=Nc1c(F)ccc(C)c1F. The average molecular weight is 212 g/mol. The van der Waals surface area contributed by atoms with Gasteiger partial charge in [0, 0.05) is 6.42 Å². The highest BCUT2D eigenvalue weighted by molar-refractivity contribution is 5.83. The van der Waals surface area contributed by atoms with Gasteiger partial charge in [0.1, 0.15) is 5.69 Å². The molecule has 0 unspecified atom stereocenters. The molecule has 0 saturated carbocycles. The summed E-state index contributed by atoms with van der Waals surface area (Å²) in [4.78, 5) is 3.75. The molecule has 0 fully saturated rings. The molecule has 0 amide bonds. The Labute approximate surface area is 87.8 Å². The number of rotatable bonds is 3. The van der Waals surface area contributed by atoms with Crippen LogP contribution in [0.15, 0.2) is 17.1 Å². The maximum Gasteiger partial charge on any atom is 0.154 e. The molecule has 15 heavy (non-hydrogen) atoms. The van der Waals surface area contributed by atoms with Crippen molar-refractivity contribution in [1.29, 1.82) is 0 Å². The van der Waals surface area contributed by atoms with Gasteiger partial charge in [-0.3, -0.25) is 0 Å². The fraction of sp³-hybridized carbons (Fsp3) is 0.364. The van der Waals surface area contributed by atoms with Crippen LogP contribution in [0.1, 0.15) is 25.3 Å². The molecule has 0 aliphatic heterocycles. The normalized spacial score (nSPS) is 11.9. The van der Waals surface area contributed by atoms with E-state index < -0.39 is 11.6 Å². The summed E-state index contributed by atoms with van der Waals surface area (Å²) in [5, 5.41) is 0. The summed E-state index contributed by atoms with van der Waals surface area (Å²) in [6, 6.07) is 2.57. The Morgan fingerprint density at radius 2 is 2.07 bits per heavy atom. The molecule has 0 aliphatic rings. The number of aryl methyl sites for hydroxylation is 1. The van der Waals surface area contributed by atoms with Gasteiger partial charge in [0.25, 0.3) is 0 Å². The van der Waals surface area contributed by atoms with Crippen molar-refractivity contribution < 1.29 is 8.78 Å². The Bertz CT molecular complexity index is 386. The van der Waals surface area contributed by atoms with Gasteiger partial charge >= 0.3 is 0 Å². The van der Waals surface area contributed by atoms with E-state index in [1.54, 1.807) is 6.92 Å². The number of amidine groups is 1. The Morgan fingerprint density at radius 1 is 1.40 bits per heavy atom. The van der Waals surface area contributed by atoms with Gasteiger partial charge in [-0.25, -0.2) is 13.8 Å². The highest BCUT2D eigenvalue weighted by Crippen LogP contribution is 2.24. The number of hydrogen-bond acceptors (Lipinski definition) is 1. The molecule has 1 aromatic rings. The fourth-order valence-electron chi connectivity index (χ4n) is 1.20. The summed E-state index contributed by atoms with van der Waals surface area (Å²) in [6.45, 7) is 3.48. The Kier molecular flexibility index (Phi) is 3.77. The Morgan fingerprint density at radius 3 is 2.67 bits per heavy atom. The van der Waals surface area contributed by atoms with E-state index in [4.69, 9.17) is 5.73 Å². The van der Waals surface area contributed by atoms with Crippen LogP contribution >= 0.6 is 0 Å². The number of aliphatic imine (C=N–C) groups is 1. The predicted octanol–water partition coefficient (Wildman–Crippen LogP) is 3.06. The van der Waals surface area contributed by atoms with Crippen LogP contribution in [0.25, 0.3) is 0 Å². The molecule has 0 aliphatic carbocycles. The maximum absolute atomic E-state index is 13.5. The van der Waals surface area contributed by atoms with Crippen LogP contribution in [0.4, 0.5) is 14.5 Å². The molecule has 0 radical (unpaired) electrons. The van der Waals surface area contributed by atoms with Gasteiger partial charge < -0.3 is 5.73 Å². The lowest BCUT2D eigenvalue weighted by molar-refractivity contribution is 0.581. The number of benzene rings is 1. The lowest BCUT2D eigenvalue weighted by atomic mass is 10.2. The lowest BCUT2D eigenvalue weighted by Crippen LogP contribution is -2.10. The minimum Gasteiger partial charge on any atom is -0.387 e. The van der Waals surface area contributed by atoms with Gasteiger partial charge in [0.2, 0.25) is 0 Å². The van der Waals surface area contributed by atoms with Crippen molar-refractivity contribution in [2.45, 2.75) is 26.7 Å². The van der Waals surface area contributed by atoms with E-state index in [0.717, 1.165) is 6.42 Å². The fourth-order valence-corrected chi connectivity index (χ4v) is 1.20. The van der Waals surface area contributed by atoms with Crippen LogP contribution in [0.3, 0.4) is 0 Å². The van der Waals surface area contributed by atoms with Crippen LogP contribution in [0.2, 0.25) is 0 Å². The largest absolute Gasteiger partial charge is 0.387 e. The monoisotopic (exact) mass is 212 g/mol. The smallest absolute Gasteiger partial charge is 0.154 e. The zero-order valence-electron chi connectivity index (χ0n) is 8.85. The van der Waals surface area contributed by atoms with E-state index in [-0.39, 0.29) is 11.5 Å². The molecule has 0 bridgehead atoms. The van der Waals surface area contributed by atoms with E-state index in [0.29, 0.717) is 12.0 Å². The van der Waals surface area contributed by atoms with E-state index in [1.165, 1.54) is 12.1 Å². The molecule has 82 valence electrons. The molecule has 4 heteroatoms. The first kappa shape index (κ1) is 11.6. The Balaban J connectivity index is 3.13.